The lowest BCUT2D eigenvalue weighted by molar-refractivity contribution is -0.114. The highest BCUT2D eigenvalue weighted by Gasteiger charge is 2.12. The van der Waals surface area contributed by atoms with Gasteiger partial charge in [0.05, 0.1) is 28.3 Å². The van der Waals surface area contributed by atoms with Crippen LogP contribution in [0.3, 0.4) is 0 Å². The van der Waals surface area contributed by atoms with E-state index in [0.29, 0.717) is 21.3 Å². The van der Waals surface area contributed by atoms with Crippen LogP contribution in [0, 0.1) is 0 Å². The van der Waals surface area contributed by atoms with Crippen molar-refractivity contribution in [2.24, 2.45) is 0 Å². The summed E-state index contributed by atoms with van der Waals surface area (Å²) in [6, 6.07) is 21.6. The Kier molecular flexibility index (Phi) is 7.33. The third kappa shape index (κ3) is 5.75. The largest absolute Gasteiger partial charge is 0.376 e. The molecule has 1 unspecified atom stereocenters. The average molecular weight is 442 g/mol. The maximum Gasteiger partial charge on any atom is 0.251 e. The average Bonchev–Trinajstić information content (AvgIpc) is 2.76. The molecule has 0 radical (unpaired) electrons. The van der Waals surface area contributed by atoms with Gasteiger partial charge in [-0.25, -0.2) is 0 Å². The first-order chi connectivity index (χ1) is 14.4. The van der Waals surface area contributed by atoms with Crippen LogP contribution in [0.25, 0.3) is 0 Å². The van der Waals surface area contributed by atoms with Crippen molar-refractivity contribution in [2.75, 3.05) is 17.2 Å². The molecule has 5 nitrogen and oxygen atoms in total. The van der Waals surface area contributed by atoms with Gasteiger partial charge >= 0.3 is 0 Å². The van der Waals surface area contributed by atoms with Crippen molar-refractivity contribution >= 4 is 46.4 Å². The predicted molar refractivity (Wildman–Crippen MR) is 122 cm³/mol. The monoisotopic (exact) mass is 441 g/mol. The van der Waals surface area contributed by atoms with Crippen LogP contribution in [-0.4, -0.2) is 18.4 Å². The summed E-state index contributed by atoms with van der Waals surface area (Å²) in [7, 11) is 0. The van der Waals surface area contributed by atoms with Crippen molar-refractivity contribution in [3.05, 3.63) is 94.0 Å². The minimum Gasteiger partial charge on any atom is -0.376 e. The molecule has 0 saturated heterocycles. The van der Waals surface area contributed by atoms with Crippen LogP contribution < -0.4 is 16.0 Å². The fraction of sp³-hybridized carbons (Fsp3) is 0.130. The first kappa shape index (κ1) is 21.7. The molecule has 0 aliphatic carbocycles. The van der Waals surface area contributed by atoms with Gasteiger partial charge in [0.2, 0.25) is 5.91 Å². The lowest BCUT2D eigenvalue weighted by Crippen LogP contribution is -2.26. The molecule has 3 rings (SSSR count). The predicted octanol–water partition coefficient (Wildman–Crippen LogP) is 5.54. The number of hydrogen-bond donors (Lipinski definition) is 3. The molecule has 3 aromatic rings. The van der Waals surface area contributed by atoms with Gasteiger partial charge < -0.3 is 16.0 Å². The molecule has 0 bridgehead atoms. The second kappa shape index (κ2) is 10.1. The Morgan fingerprint density at radius 1 is 0.900 bits per heavy atom. The van der Waals surface area contributed by atoms with Crippen LogP contribution >= 0.6 is 23.2 Å². The molecule has 3 N–H and O–H groups in total. The molecule has 7 heteroatoms. The summed E-state index contributed by atoms with van der Waals surface area (Å²) < 4.78 is 0. The zero-order valence-electron chi connectivity index (χ0n) is 16.3. The highest BCUT2D eigenvalue weighted by atomic mass is 35.5. The maximum atomic E-state index is 12.4. The van der Waals surface area contributed by atoms with Gasteiger partial charge in [-0.05, 0) is 48.9 Å². The molecule has 0 spiro atoms. The first-order valence-electron chi connectivity index (χ1n) is 9.37. The van der Waals surface area contributed by atoms with Gasteiger partial charge in [-0.3, -0.25) is 9.59 Å². The van der Waals surface area contributed by atoms with Crippen LogP contribution in [0.2, 0.25) is 10.0 Å². The van der Waals surface area contributed by atoms with E-state index in [2.05, 4.69) is 16.0 Å². The van der Waals surface area contributed by atoms with Gasteiger partial charge in [0.25, 0.3) is 5.91 Å². The summed E-state index contributed by atoms with van der Waals surface area (Å²) in [5.74, 6) is -0.427. The van der Waals surface area contributed by atoms with E-state index in [1.54, 1.807) is 42.5 Å². The lowest BCUT2D eigenvalue weighted by atomic mass is 10.1. The molecule has 1 atom stereocenters. The van der Waals surface area contributed by atoms with E-state index in [9.17, 15) is 9.59 Å². The van der Waals surface area contributed by atoms with E-state index >= 15 is 0 Å². The Morgan fingerprint density at radius 2 is 1.60 bits per heavy atom. The number of carbonyl (C=O) groups excluding carboxylic acids is 2. The van der Waals surface area contributed by atoms with Crippen molar-refractivity contribution in [3.63, 3.8) is 0 Å². The minimum absolute atomic E-state index is 0.0411. The SMILES string of the molecule is CC(NC(=O)c1ccc(NCC(=O)Nc2cccc(Cl)c2Cl)cc1)c1ccccc1. The zero-order chi connectivity index (χ0) is 21.5. The zero-order valence-corrected chi connectivity index (χ0v) is 17.8. The summed E-state index contributed by atoms with van der Waals surface area (Å²) in [5, 5.41) is 9.36. The van der Waals surface area contributed by atoms with Gasteiger partial charge in [0.1, 0.15) is 0 Å². The van der Waals surface area contributed by atoms with Crippen molar-refractivity contribution in [1.82, 2.24) is 5.32 Å². The summed E-state index contributed by atoms with van der Waals surface area (Å²) in [4.78, 5) is 24.6. The first-order valence-corrected chi connectivity index (χ1v) is 10.1. The smallest absolute Gasteiger partial charge is 0.251 e. The molecule has 2 amide bonds. The van der Waals surface area contributed by atoms with E-state index in [-0.39, 0.29) is 24.4 Å². The Hall–Kier alpha value is -3.02. The fourth-order valence-electron chi connectivity index (χ4n) is 2.82. The Balaban J connectivity index is 1.52. The van der Waals surface area contributed by atoms with E-state index in [4.69, 9.17) is 23.2 Å². The fourth-order valence-corrected chi connectivity index (χ4v) is 3.17. The Bertz CT molecular complexity index is 1020. The minimum atomic E-state index is -0.266. The quantitative estimate of drug-likeness (QED) is 0.450. The number of anilines is 2. The topological polar surface area (TPSA) is 70.2 Å². The van der Waals surface area contributed by atoms with Gasteiger partial charge in [0, 0.05) is 11.3 Å². The second-order valence-corrected chi connectivity index (χ2v) is 7.47. The van der Waals surface area contributed by atoms with Crippen LogP contribution in [0.4, 0.5) is 11.4 Å². The van der Waals surface area contributed by atoms with E-state index in [1.807, 2.05) is 37.3 Å². The standard InChI is InChI=1S/C23H21Cl2N3O2/c1-15(16-6-3-2-4-7-16)27-23(30)17-10-12-18(13-11-17)26-14-21(29)28-20-9-5-8-19(24)22(20)25/h2-13,15,26H,14H2,1H3,(H,27,30)(H,28,29). The molecule has 30 heavy (non-hydrogen) atoms. The van der Waals surface area contributed by atoms with Crippen LogP contribution in [-0.2, 0) is 4.79 Å². The summed E-state index contributed by atoms with van der Waals surface area (Å²) >= 11 is 12.0. The number of hydrogen-bond acceptors (Lipinski definition) is 3. The second-order valence-electron chi connectivity index (χ2n) is 6.69. The molecular weight excluding hydrogens is 421 g/mol. The maximum absolute atomic E-state index is 12.4. The number of benzene rings is 3. The van der Waals surface area contributed by atoms with Gasteiger partial charge in [-0.1, -0.05) is 59.6 Å². The normalized spacial score (nSPS) is 11.4. The lowest BCUT2D eigenvalue weighted by Gasteiger charge is -2.14. The van der Waals surface area contributed by atoms with Gasteiger partial charge in [-0.15, -0.1) is 0 Å². The number of carbonyl (C=O) groups is 2. The summed E-state index contributed by atoms with van der Waals surface area (Å²) in [6.07, 6.45) is 0. The van der Waals surface area contributed by atoms with Crippen LogP contribution in [0.5, 0.6) is 0 Å². The number of halogens is 2. The molecular formula is C23H21Cl2N3O2. The van der Waals surface area contributed by atoms with Gasteiger partial charge in [-0.2, -0.15) is 0 Å². The molecule has 0 aliphatic heterocycles. The van der Waals surface area contributed by atoms with E-state index in [1.165, 1.54) is 0 Å². The molecule has 154 valence electrons. The Morgan fingerprint density at radius 3 is 2.30 bits per heavy atom. The van der Waals surface area contributed by atoms with Gasteiger partial charge in [0.15, 0.2) is 0 Å². The van der Waals surface area contributed by atoms with Crippen LogP contribution in [0.1, 0.15) is 28.9 Å². The van der Waals surface area contributed by atoms with E-state index in [0.717, 1.165) is 11.3 Å². The number of nitrogens with one attached hydrogen (secondary N) is 3. The van der Waals surface area contributed by atoms with Crippen molar-refractivity contribution < 1.29 is 9.59 Å². The summed E-state index contributed by atoms with van der Waals surface area (Å²) in [6.45, 7) is 1.98. The molecule has 3 aromatic carbocycles. The highest BCUT2D eigenvalue weighted by Crippen LogP contribution is 2.29. The molecule has 0 fully saturated rings. The third-order valence-corrected chi connectivity index (χ3v) is 5.29. The number of rotatable bonds is 7. The van der Waals surface area contributed by atoms with Crippen molar-refractivity contribution in [2.45, 2.75) is 13.0 Å². The number of amides is 2. The molecule has 0 saturated carbocycles. The van der Waals surface area contributed by atoms with E-state index < -0.39 is 0 Å². The van der Waals surface area contributed by atoms with Crippen molar-refractivity contribution in [3.8, 4) is 0 Å². The molecule has 0 aromatic heterocycles. The highest BCUT2D eigenvalue weighted by molar-refractivity contribution is 6.44. The van der Waals surface area contributed by atoms with Crippen LogP contribution in [0.15, 0.2) is 72.8 Å². The molecule has 0 heterocycles. The summed E-state index contributed by atoms with van der Waals surface area (Å²) in [5.41, 5.74) is 2.75. The molecule has 0 aliphatic rings. The van der Waals surface area contributed by atoms with Crippen molar-refractivity contribution in [1.29, 1.82) is 0 Å². The third-order valence-electron chi connectivity index (χ3n) is 4.47. The Labute approximate surface area is 185 Å².